The Morgan fingerprint density at radius 2 is 1.68 bits per heavy atom. The fourth-order valence-electron chi connectivity index (χ4n) is 3.88. The molecule has 3 rings (SSSR count). The van der Waals surface area contributed by atoms with Gasteiger partial charge in [-0.15, -0.1) is 0 Å². The van der Waals surface area contributed by atoms with Crippen LogP contribution in [0.25, 0.3) is 0 Å². The van der Waals surface area contributed by atoms with Crippen molar-refractivity contribution in [3.63, 3.8) is 0 Å². The maximum atomic E-state index is 13.8. The number of nitrogens with zero attached hydrogens (tertiary/aromatic N) is 2. The van der Waals surface area contributed by atoms with E-state index in [4.69, 9.17) is 14.2 Å². The minimum absolute atomic E-state index is 0.0717. The molecule has 1 aliphatic rings. The fourth-order valence-corrected chi connectivity index (χ4v) is 4.94. The molecule has 0 aliphatic carbocycles. The highest BCUT2D eigenvalue weighted by molar-refractivity contribution is 7.92. The largest absolute Gasteiger partial charge is 0.497 e. The Kier molecular flexibility index (Phi) is 9.84. The number of benzene rings is 2. The Balaban J connectivity index is 1.94. The van der Waals surface area contributed by atoms with E-state index in [-0.39, 0.29) is 29.9 Å². The number of ether oxygens (including phenoxy) is 3. The van der Waals surface area contributed by atoms with Gasteiger partial charge in [0, 0.05) is 18.7 Å². The normalized spacial score (nSPS) is 14.2. The lowest BCUT2D eigenvalue weighted by atomic mass is 10.1. The van der Waals surface area contributed by atoms with E-state index in [0.717, 1.165) is 16.3 Å². The van der Waals surface area contributed by atoms with Crippen LogP contribution in [0.1, 0.15) is 39.7 Å². The zero-order valence-electron chi connectivity index (χ0n) is 22.6. The summed E-state index contributed by atoms with van der Waals surface area (Å²) in [4.78, 5) is 28.2. The summed E-state index contributed by atoms with van der Waals surface area (Å²) in [6.45, 7) is 7.37. The number of carbonyl (C=O) groups excluding carboxylic acids is 2. The van der Waals surface area contributed by atoms with Crippen LogP contribution in [0.2, 0.25) is 0 Å². The second-order valence-electron chi connectivity index (χ2n) is 9.10. The minimum Gasteiger partial charge on any atom is -0.497 e. The van der Waals surface area contributed by atoms with E-state index < -0.39 is 28.5 Å². The van der Waals surface area contributed by atoms with E-state index in [2.05, 4.69) is 5.32 Å². The topological polar surface area (TPSA) is 114 Å². The van der Waals surface area contributed by atoms with Gasteiger partial charge < -0.3 is 24.4 Å². The highest BCUT2D eigenvalue weighted by Gasteiger charge is 2.32. The van der Waals surface area contributed by atoms with Gasteiger partial charge in [0.1, 0.15) is 31.5 Å². The van der Waals surface area contributed by atoms with E-state index in [1.165, 1.54) is 11.8 Å². The van der Waals surface area contributed by atoms with Crippen molar-refractivity contribution in [2.45, 2.75) is 52.7 Å². The number of sulfonamides is 1. The number of fused-ring (bicyclic) bond motifs is 1. The Morgan fingerprint density at radius 3 is 2.29 bits per heavy atom. The predicted molar refractivity (Wildman–Crippen MR) is 145 cm³/mol. The molecule has 208 valence electrons. The van der Waals surface area contributed by atoms with Crippen LogP contribution in [-0.2, 0) is 26.2 Å². The van der Waals surface area contributed by atoms with Crippen LogP contribution in [0.4, 0.5) is 5.69 Å². The Hall–Kier alpha value is -3.47. The van der Waals surface area contributed by atoms with Crippen LogP contribution < -0.4 is 23.8 Å². The van der Waals surface area contributed by atoms with Gasteiger partial charge >= 0.3 is 0 Å². The molecule has 0 aromatic heterocycles. The Labute approximate surface area is 224 Å². The van der Waals surface area contributed by atoms with E-state index in [1.54, 1.807) is 56.5 Å². The van der Waals surface area contributed by atoms with Gasteiger partial charge in [-0.1, -0.05) is 19.1 Å². The van der Waals surface area contributed by atoms with E-state index in [0.29, 0.717) is 30.5 Å². The molecule has 0 radical (unpaired) electrons. The van der Waals surface area contributed by atoms with Crippen LogP contribution >= 0.6 is 0 Å². The summed E-state index contributed by atoms with van der Waals surface area (Å²) in [5.74, 6) is 0.542. The summed E-state index contributed by atoms with van der Waals surface area (Å²) in [7, 11) is -2.28. The molecule has 2 aromatic rings. The van der Waals surface area contributed by atoms with Crippen LogP contribution in [0.3, 0.4) is 0 Å². The monoisotopic (exact) mass is 547 g/mol. The van der Waals surface area contributed by atoms with Crippen molar-refractivity contribution >= 4 is 27.5 Å². The van der Waals surface area contributed by atoms with Crippen LogP contribution in [0, 0.1) is 0 Å². The summed E-state index contributed by atoms with van der Waals surface area (Å²) in [6.07, 6.45) is 0.734. The maximum absolute atomic E-state index is 13.8. The minimum atomic E-state index is -3.85. The van der Waals surface area contributed by atoms with E-state index >= 15 is 0 Å². The molecule has 38 heavy (non-hydrogen) atoms. The summed E-state index contributed by atoms with van der Waals surface area (Å²) in [5, 5.41) is 2.91. The highest BCUT2D eigenvalue weighted by atomic mass is 32.2. The first-order chi connectivity index (χ1) is 18.1. The first-order valence-corrected chi connectivity index (χ1v) is 14.3. The number of nitrogens with one attached hydrogen (secondary N) is 1. The molecule has 0 saturated heterocycles. The molecule has 2 atom stereocenters. The van der Waals surface area contributed by atoms with Crippen LogP contribution in [-0.4, -0.2) is 69.8 Å². The van der Waals surface area contributed by atoms with Crippen molar-refractivity contribution in [2.75, 3.05) is 36.9 Å². The smallest absolute Gasteiger partial charge is 0.244 e. The van der Waals surface area contributed by atoms with E-state index in [9.17, 15) is 18.0 Å². The van der Waals surface area contributed by atoms with Crippen molar-refractivity contribution in [2.24, 2.45) is 0 Å². The molecular formula is C27H37N3O7S. The third kappa shape index (κ3) is 7.09. The van der Waals surface area contributed by atoms with Gasteiger partial charge in [0.15, 0.2) is 11.5 Å². The second-order valence-corrected chi connectivity index (χ2v) is 11.3. The summed E-state index contributed by atoms with van der Waals surface area (Å²) < 4.78 is 43.7. The molecule has 1 heterocycles. The van der Waals surface area contributed by atoms with Crippen LogP contribution in [0.15, 0.2) is 42.5 Å². The molecule has 2 aromatic carbocycles. The summed E-state index contributed by atoms with van der Waals surface area (Å²) >= 11 is 0. The molecule has 0 bridgehead atoms. The molecule has 11 heteroatoms. The molecule has 0 fully saturated rings. The molecule has 0 spiro atoms. The Bertz CT molecular complexity index is 1220. The zero-order valence-corrected chi connectivity index (χ0v) is 23.4. The average Bonchev–Trinajstić information content (AvgIpc) is 2.93. The number of rotatable bonds is 12. The quantitative estimate of drug-likeness (QED) is 0.435. The van der Waals surface area contributed by atoms with Gasteiger partial charge in [0.25, 0.3) is 0 Å². The molecule has 1 N–H and O–H groups in total. The number of carbonyl (C=O) groups is 2. The van der Waals surface area contributed by atoms with Gasteiger partial charge in [0.2, 0.25) is 21.8 Å². The molecular weight excluding hydrogens is 510 g/mol. The number of methoxy groups -OCH3 is 1. The van der Waals surface area contributed by atoms with Gasteiger partial charge in [-0.25, -0.2) is 8.42 Å². The molecule has 0 unspecified atom stereocenters. The predicted octanol–water partition coefficient (Wildman–Crippen LogP) is 2.95. The first kappa shape index (κ1) is 29.1. The van der Waals surface area contributed by atoms with Crippen molar-refractivity contribution in [1.82, 2.24) is 10.2 Å². The second kappa shape index (κ2) is 12.9. The lowest BCUT2D eigenvalue weighted by Gasteiger charge is -2.32. The third-order valence-corrected chi connectivity index (χ3v) is 8.21. The van der Waals surface area contributed by atoms with E-state index in [1.807, 2.05) is 13.8 Å². The molecule has 0 saturated carbocycles. The van der Waals surface area contributed by atoms with Crippen molar-refractivity contribution in [3.8, 4) is 17.2 Å². The average molecular weight is 548 g/mol. The lowest BCUT2D eigenvalue weighted by molar-refractivity contribution is -0.139. The van der Waals surface area contributed by atoms with Gasteiger partial charge in [-0.05, 0) is 57.0 Å². The summed E-state index contributed by atoms with van der Waals surface area (Å²) in [6, 6.07) is 11.0. The Morgan fingerprint density at radius 1 is 1.03 bits per heavy atom. The van der Waals surface area contributed by atoms with Gasteiger partial charge in [-0.2, -0.15) is 0 Å². The highest BCUT2D eigenvalue weighted by Crippen LogP contribution is 2.35. The number of hydrogen-bond donors (Lipinski definition) is 1. The zero-order chi connectivity index (χ0) is 27.9. The molecule has 10 nitrogen and oxygen atoms in total. The van der Waals surface area contributed by atoms with Gasteiger partial charge in [0.05, 0.1) is 18.6 Å². The van der Waals surface area contributed by atoms with Gasteiger partial charge in [-0.3, -0.25) is 13.9 Å². The standard InChI is InChI=1S/C27H37N3O7S/c1-6-19(3)28-27(32)20(4)29(17-21-8-11-23(35-5)12-9-21)26(31)18-30(38(33,34)7-2)22-10-13-24-25(16-22)37-15-14-36-24/h8-13,16,19-20H,6-7,14-15,17-18H2,1-5H3,(H,28,32)/t19-,20-/m1/s1. The fraction of sp³-hybridized carbons (Fsp3) is 0.481. The SMILES string of the molecule is CC[C@@H](C)NC(=O)[C@@H](C)N(Cc1ccc(OC)cc1)C(=O)CN(c1ccc2c(c1)OCCO2)S(=O)(=O)CC. The number of anilines is 1. The number of hydrogen-bond acceptors (Lipinski definition) is 7. The molecule has 2 amide bonds. The third-order valence-electron chi connectivity index (χ3n) is 6.47. The van der Waals surface area contributed by atoms with Crippen molar-refractivity contribution < 1.29 is 32.2 Å². The molecule has 1 aliphatic heterocycles. The van der Waals surface area contributed by atoms with Crippen molar-refractivity contribution in [3.05, 3.63) is 48.0 Å². The summed E-state index contributed by atoms with van der Waals surface area (Å²) in [5.41, 5.74) is 1.05. The first-order valence-electron chi connectivity index (χ1n) is 12.7. The van der Waals surface area contributed by atoms with Crippen molar-refractivity contribution in [1.29, 1.82) is 0 Å². The van der Waals surface area contributed by atoms with Crippen LogP contribution in [0.5, 0.6) is 17.2 Å². The maximum Gasteiger partial charge on any atom is 0.244 e. The lowest BCUT2D eigenvalue weighted by Crippen LogP contribution is -2.52. The number of amides is 2.